The number of aromatic nitrogens is 1. The van der Waals surface area contributed by atoms with Crippen molar-refractivity contribution >= 4 is 18.6 Å². The first kappa shape index (κ1) is 18.2. The summed E-state index contributed by atoms with van der Waals surface area (Å²) in [6.45, 7) is 1.28. The average molecular weight is 371 g/mol. The average Bonchev–Trinajstić information content (AvgIpc) is 2.81. The van der Waals surface area contributed by atoms with Crippen LogP contribution in [0.25, 0.3) is 10.8 Å². The standard InChI is InChI=1S/C15H18NO8P/c1-8-2-3-10-9(6-8)4-5-16(14(10)19)15-13(18)12(17)11(24-15)7-23-25(20,21)22/h2-6,11-13,15,17-18H,7H2,1H3,(H2,20,21,22)/t11-,12+,13-,15-/m1/s1. The fraction of sp³-hybridized carbons (Fsp3) is 0.400. The van der Waals surface area contributed by atoms with Crippen LogP contribution in [0.4, 0.5) is 0 Å². The van der Waals surface area contributed by atoms with Crippen LogP contribution in [0.3, 0.4) is 0 Å². The highest BCUT2D eigenvalue weighted by atomic mass is 31.2. The predicted molar refractivity (Wildman–Crippen MR) is 86.9 cm³/mol. The Labute approximate surface area is 142 Å². The Bertz CT molecular complexity index is 891. The van der Waals surface area contributed by atoms with Crippen molar-refractivity contribution < 1.29 is 33.8 Å². The zero-order chi connectivity index (χ0) is 18.4. The number of hydrogen-bond acceptors (Lipinski definition) is 6. The number of aryl methyl sites for hydroxylation is 1. The maximum atomic E-state index is 12.6. The van der Waals surface area contributed by atoms with Crippen LogP contribution in [-0.4, -0.2) is 49.5 Å². The van der Waals surface area contributed by atoms with Gasteiger partial charge in [-0.05, 0) is 24.4 Å². The molecule has 0 amide bonds. The normalized spacial score (nSPS) is 27.1. The van der Waals surface area contributed by atoms with Crippen molar-refractivity contribution in [3.63, 3.8) is 0 Å². The Balaban J connectivity index is 1.90. The molecule has 2 aromatic rings. The summed E-state index contributed by atoms with van der Waals surface area (Å²) in [7, 11) is -4.74. The molecule has 4 N–H and O–H groups in total. The van der Waals surface area contributed by atoms with Crippen molar-refractivity contribution in [3.05, 3.63) is 46.4 Å². The molecule has 1 saturated heterocycles. The highest BCUT2D eigenvalue weighted by Gasteiger charge is 2.44. The number of aliphatic hydroxyl groups excluding tert-OH is 2. The van der Waals surface area contributed by atoms with Crippen molar-refractivity contribution in [2.75, 3.05) is 6.61 Å². The largest absolute Gasteiger partial charge is 0.469 e. The fourth-order valence-corrected chi connectivity index (χ4v) is 3.19. The Kier molecular flexibility index (Phi) is 4.82. The van der Waals surface area contributed by atoms with Crippen molar-refractivity contribution in [3.8, 4) is 0 Å². The lowest BCUT2D eigenvalue weighted by Gasteiger charge is -2.18. The predicted octanol–water partition coefficient (Wildman–Crippen LogP) is 0.0384. The maximum Gasteiger partial charge on any atom is 0.469 e. The molecule has 0 spiro atoms. The smallest absolute Gasteiger partial charge is 0.387 e. The van der Waals surface area contributed by atoms with Crippen LogP contribution < -0.4 is 5.56 Å². The summed E-state index contributed by atoms with van der Waals surface area (Å²) in [4.78, 5) is 30.1. The van der Waals surface area contributed by atoms with Gasteiger partial charge in [-0.15, -0.1) is 0 Å². The molecule has 0 aliphatic carbocycles. The Morgan fingerprint density at radius 1 is 1.24 bits per heavy atom. The van der Waals surface area contributed by atoms with Gasteiger partial charge in [-0.1, -0.05) is 17.7 Å². The summed E-state index contributed by atoms with van der Waals surface area (Å²) in [5.74, 6) is 0. The summed E-state index contributed by atoms with van der Waals surface area (Å²) < 4.78 is 21.6. The van der Waals surface area contributed by atoms with Gasteiger partial charge in [-0.25, -0.2) is 4.57 Å². The topological polar surface area (TPSA) is 138 Å². The lowest BCUT2D eigenvalue weighted by atomic mass is 10.1. The number of hydrogen-bond donors (Lipinski definition) is 4. The van der Waals surface area contributed by atoms with Crippen LogP contribution >= 0.6 is 7.82 Å². The van der Waals surface area contributed by atoms with Gasteiger partial charge in [0.05, 0.1) is 6.61 Å². The van der Waals surface area contributed by atoms with Crippen LogP contribution in [0.2, 0.25) is 0 Å². The number of rotatable bonds is 4. The molecule has 136 valence electrons. The fourth-order valence-electron chi connectivity index (χ4n) is 2.85. The van der Waals surface area contributed by atoms with Crippen molar-refractivity contribution in [2.45, 2.75) is 31.5 Å². The number of nitrogens with zero attached hydrogens (tertiary/aromatic N) is 1. The van der Waals surface area contributed by atoms with E-state index in [4.69, 9.17) is 14.5 Å². The molecule has 0 bridgehead atoms. The minimum absolute atomic E-state index is 0.412. The van der Waals surface area contributed by atoms with E-state index in [0.717, 1.165) is 15.5 Å². The SMILES string of the molecule is Cc1ccc2c(=O)n([C@@H]3O[C@H](COP(=O)(O)O)[C@H](O)[C@H]3O)ccc2c1. The Morgan fingerprint density at radius 2 is 1.96 bits per heavy atom. The van der Waals surface area contributed by atoms with E-state index in [2.05, 4.69) is 4.52 Å². The van der Waals surface area contributed by atoms with Gasteiger partial charge in [0.1, 0.15) is 18.3 Å². The third kappa shape index (κ3) is 3.68. The molecule has 1 aliphatic heterocycles. The van der Waals surface area contributed by atoms with E-state index in [1.165, 1.54) is 6.20 Å². The van der Waals surface area contributed by atoms with E-state index in [1.807, 2.05) is 13.0 Å². The van der Waals surface area contributed by atoms with Gasteiger partial charge in [-0.2, -0.15) is 0 Å². The summed E-state index contributed by atoms with van der Waals surface area (Å²) >= 11 is 0. The lowest BCUT2D eigenvalue weighted by molar-refractivity contribution is -0.0534. The summed E-state index contributed by atoms with van der Waals surface area (Å²) in [5.41, 5.74) is 0.581. The number of pyridine rings is 1. The molecule has 1 aromatic carbocycles. The zero-order valence-corrected chi connectivity index (χ0v) is 14.1. The number of benzene rings is 1. The van der Waals surface area contributed by atoms with Gasteiger partial charge in [-0.3, -0.25) is 13.9 Å². The van der Waals surface area contributed by atoms with E-state index in [9.17, 15) is 19.6 Å². The van der Waals surface area contributed by atoms with Crippen molar-refractivity contribution in [1.29, 1.82) is 0 Å². The minimum Gasteiger partial charge on any atom is -0.387 e. The monoisotopic (exact) mass is 371 g/mol. The van der Waals surface area contributed by atoms with Crippen LogP contribution in [0.15, 0.2) is 35.3 Å². The van der Waals surface area contributed by atoms with E-state index >= 15 is 0 Å². The quantitative estimate of drug-likeness (QED) is 0.553. The second-order valence-electron chi connectivity index (χ2n) is 5.95. The van der Waals surface area contributed by atoms with E-state index in [1.54, 1.807) is 18.2 Å². The van der Waals surface area contributed by atoms with Crippen LogP contribution in [0, 0.1) is 6.92 Å². The van der Waals surface area contributed by atoms with Gasteiger partial charge < -0.3 is 24.7 Å². The molecule has 1 aliphatic rings. The van der Waals surface area contributed by atoms with E-state index < -0.39 is 44.5 Å². The van der Waals surface area contributed by atoms with Gasteiger partial charge in [0, 0.05) is 11.6 Å². The van der Waals surface area contributed by atoms with Crippen molar-refractivity contribution in [2.24, 2.45) is 0 Å². The molecule has 4 atom stereocenters. The first-order chi connectivity index (χ1) is 11.7. The second-order valence-corrected chi connectivity index (χ2v) is 7.19. The molecular weight excluding hydrogens is 353 g/mol. The third-order valence-corrected chi connectivity index (χ3v) is 4.59. The van der Waals surface area contributed by atoms with Gasteiger partial charge in [0.15, 0.2) is 6.23 Å². The van der Waals surface area contributed by atoms with Crippen LogP contribution in [0.5, 0.6) is 0 Å². The number of phosphoric ester groups is 1. The second kappa shape index (κ2) is 6.62. The molecule has 25 heavy (non-hydrogen) atoms. The number of phosphoric acid groups is 1. The van der Waals surface area contributed by atoms with Gasteiger partial charge in [0.2, 0.25) is 0 Å². The summed E-state index contributed by atoms with van der Waals surface area (Å²) in [6, 6.07) is 6.98. The third-order valence-electron chi connectivity index (χ3n) is 4.11. The molecule has 1 aromatic heterocycles. The molecule has 1 fully saturated rings. The van der Waals surface area contributed by atoms with E-state index in [0.29, 0.717) is 5.39 Å². The van der Waals surface area contributed by atoms with E-state index in [-0.39, 0.29) is 0 Å². The Morgan fingerprint density at radius 3 is 2.64 bits per heavy atom. The molecule has 2 heterocycles. The molecule has 0 saturated carbocycles. The molecule has 10 heteroatoms. The molecule has 3 rings (SSSR count). The van der Waals surface area contributed by atoms with Gasteiger partial charge >= 0.3 is 7.82 Å². The van der Waals surface area contributed by atoms with Crippen LogP contribution in [-0.2, 0) is 13.8 Å². The number of fused-ring (bicyclic) bond motifs is 1. The molecule has 0 radical (unpaired) electrons. The minimum atomic E-state index is -4.74. The zero-order valence-electron chi connectivity index (χ0n) is 13.2. The van der Waals surface area contributed by atoms with Crippen molar-refractivity contribution in [1.82, 2.24) is 4.57 Å². The molecular formula is C15H18NO8P. The highest BCUT2D eigenvalue weighted by molar-refractivity contribution is 7.46. The first-order valence-electron chi connectivity index (χ1n) is 7.50. The maximum absolute atomic E-state index is 12.6. The van der Waals surface area contributed by atoms with Crippen LogP contribution in [0.1, 0.15) is 11.8 Å². The summed E-state index contributed by atoms with van der Waals surface area (Å²) in [6.07, 6.45) is -3.85. The first-order valence-corrected chi connectivity index (χ1v) is 9.03. The highest BCUT2D eigenvalue weighted by Crippen LogP contribution is 2.38. The Hall–Kier alpha value is -1.58. The van der Waals surface area contributed by atoms with Gasteiger partial charge in [0.25, 0.3) is 5.56 Å². The molecule has 9 nitrogen and oxygen atoms in total. The molecule has 0 unspecified atom stereocenters. The summed E-state index contributed by atoms with van der Waals surface area (Å²) in [5, 5.41) is 21.3. The number of aliphatic hydroxyl groups is 2. The lowest BCUT2D eigenvalue weighted by Crippen LogP contribution is -2.35. The number of ether oxygens (including phenoxy) is 1.